The van der Waals surface area contributed by atoms with Crippen molar-refractivity contribution in [2.45, 2.75) is 26.3 Å². The molecule has 1 atom stereocenters. The molecule has 0 radical (unpaired) electrons. The maximum atomic E-state index is 3.71. The maximum Gasteiger partial charge on any atom is 0.0704 e. The molecule has 3 aromatic rings. The van der Waals surface area contributed by atoms with E-state index in [1.165, 1.54) is 28.5 Å². The van der Waals surface area contributed by atoms with E-state index in [4.69, 9.17) is 0 Å². The molecule has 0 saturated heterocycles. The summed E-state index contributed by atoms with van der Waals surface area (Å²) in [5.74, 6) is 0. The van der Waals surface area contributed by atoms with Crippen LogP contribution in [-0.4, -0.2) is 6.54 Å². The molecule has 0 aliphatic heterocycles. The Balaban J connectivity index is 2.01. The van der Waals surface area contributed by atoms with E-state index in [0.717, 1.165) is 13.0 Å². The van der Waals surface area contributed by atoms with Crippen molar-refractivity contribution in [3.63, 3.8) is 0 Å². The van der Waals surface area contributed by atoms with Crippen LogP contribution in [0, 0.1) is 6.92 Å². The van der Waals surface area contributed by atoms with Gasteiger partial charge in [0.2, 0.25) is 0 Å². The van der Waals surface area contributed by atoms with Gasteiger partial charge in [0.15, 0.2) is 0 Å². The fourth-order valence-corrected chi connectivity index (χ4v) is 6.29. The van der Waals surface area contributed by atoms with Gasteiger partial charge < -0.3 is 5.32 Å². The van der Waals surface area contributed by atoms with Crippen molar-refractivity contribution < 1.29 is 0 Å². The number of aryl methyl sites for hydroxylation is 1. The second kappa shape index (κ2) is 6.28. The summed E-state index contributed by atoms with van der Waals surface area (Å²) in [6.07, 6.45) is 1.15. The minimum atomic E-state index is 0.321. The molecule has 1 N–H and O–H groups in total. The van der Waals surface area contributed by atoms with E-state index < -0.39 is 0 Å². The van der Waals surface area contributed by atoms with E-state index in [0.29, 0.717) is 6.04 Å². The molecule has 0 bridgehead atoms. The summed E-state index contributed by atoms with van der Waals surface area (Å²) >= 11 is 9.18. The number of hydrogen-bond acceptors (Lipinski definition) is 4. The molecule has 3 heterocycles. The van der Waals surface area contributed by atoms with Crippen LogP contribution in [0.5, 0.6) is 0 Å². The fraction of sp³-hybridized carbons (Fsp3) is 0.333. The van der Waals surface area contributed by atoms with E-state index in [2.05, 4.69) is 58.7 Å². The van der Waals surface area contributed by atoms with E-state index in [1.54, 1.807) is 0 Å². The van der Waals surface area contributed by atoms with Crippen LogP contribution < -0.4 is 5.32 Å². The second-order valence-corrected chi connectivity index (χ2v) is 9.45. The molecule has 0 aliphatic carbocycles. The number of hydrogen-bond donors (Lipinski definition) is 1. The molecule has 0 aliphatic rings. The lowest BCUT2D eigenvalue weighted by molar-refractivity contribution is 0.605. The minimum absolute atomic E-state index is 0.321. The number of nitrogens with one attached hydrogen (secondary N) is 1. The summed E-state index contributed by atoms with van der Waals surface area (Å²) in [4.78, 5) is 2.82. The summed E-state index contributed by atoms with van der Waals surface area (Å²) in [6.45, 7) is 5.47. The Kier molecular flexibility index (Phi) is 4.62. The summed E-state index contributed by atoms with van der Waals surface area (Å²) in [6, 6.07) is 7.16. The van der Waals surface area contributed by atoms with Gasteiger partial charge in [-0.25, -0.2) is 0 Å². The van der Waals surface area contributed by atoms with Crippen molar-refractivity contribution in [1.29, 1.82) is 0 Å². The lowest BCUT2D eigenvalue weighted by Crippen LogP contribution is -2.22. The lowest BCUT2D eigenvalue weighted by atomic mass is 10.1. The van der Waals surface area contributed by atoms with Gasteiger partial charge in [0.05, 0.1) is 9.83 Å². The number of fused-ring (bicyclic) bond motifs is 1. The third kappa shape index (κ3) is 2.88. The van der Waals surface area contributed by atoms with Crippen LogP contribution in [0.2, 0.25) is 0 Å². The molecule has 1 unspecified atom stereocenters. The fourth-order valence-electron chi connectivity index (χ4n) is 2.32. The normalized spacial score (nSPS) is 13.2. The van der Waals surface area contributed by atoms with Gasteiger partial charge in [-0.3, -0.25) is 0 Å². The van der Waals surface area contributed by atoms with Crippen LogP contribution in [0.15, 0.2) is 27.4 Å². The van der Waals surface area contributed by atoms with E-state index in [1.807, 2.05) is 34.0 Å². The summed E-state index contributed by atoms with van der Waals surface area (Å²) in [5, 5.41) is 5.88. The molecule has 106 valence electrons. The molecule has 1 nitrogen and oxygen atoms in total. The Labute approximate surface area is 139 Å². The first kappa shape index (κ1) is 14.7. The van der Waals surface area contributed by atoms with Gasteiger partial charge in [-0.2, -0.15) is 0 Å². The Bertz CT molecular complexity index is 681. The highest BCUT2D eigenvalue weighted by Crippen LogP contribution is 2.39. The van der Waals surface area contributed by atoms with Crippen molar-refractivity contribution in [2.24, 2.45) is 0 Å². The van der Waals surface area contributed by atoms with Gasteiger partial charge in [0, 0.05) is 19.2 Å². The summed E-state index contributed by atoms with van der Waals surface area (Å²) < 4.78 is 4.02. The number of thiophene rings is 3. The molecular weight excluding hydrogens is 370 g/mol. The van der Waals surface area contributed by atoms with Gasteiger partial charge in [-0.1, -0.05) is 6.92 Å². The molecule has 20 heavy (non-hydrogen) atoms. The standard InChI is InChI=1S/C15H16BrNS3/c1-3-5-17-15(10-7-14(16)19-9(10)2)13-8-12-11(20-13)4-6-18-12/h4,6-8,15,17H,3,5H2,1-2H3. The topological polar surface area (TPSA) is 12.0 Å². The van der Waals surface area contributed by atoms with Crippen molar-refractivity contribution >= 4 is 59.3 Å². The Morgan fingerprint density at radius 3 is 2.75 bits per heavy atom. The van der Waals surface area contributed by atoms with Gasteiger partial charge >= 0.3 is 0 Å². The average Bonchev–Trinajstić information content (AvgIpc) is 3.05. The van der Waals surface area contributed by atoms with Gasteiger partial charge in [0.25, 0.3) is 0 Å². The lowest BCUT2D eigenvalue weighted by Gasteiger charge is -2.17. The van der Waals surface area contributed by atoms with Gasteiger partial charge in [0.1, 0.15) is 0 Å². The van der Waals surface area contributed by atoms with Crippen molar-refractivity contribution in [3.8, 4) is 0 Å². The van der Waals surface area contributed by atoms with Crippen molar-refractivity contribution in [1.82, 2.24) is 5.32 Å². The third-order valence-electron chi connectivity index (χ3n) is 3.28. The van der Waals surface area contributed by atoms with E-state index in [9.17, 15) is 0 Å². The molecule has 0 spiro atoms. The largest absolute Gasteiger partial charge is 0.306 e. The molecule has 3 aromatic heterocycles. The molecule has 5 heteroatoms. The molecule has 0 amide bonds. The van der Waals surface area contributed by atoms with Crippen LogP contribution in [0.1, 0.15) is 34.7 Å². The smallest absolute Gasteiger partial charge is 0.0704 e. The molecule has 3 rings (SSSR count). The molecule has 0 saturated carbocycles. The second-order valence-electron chi connectivity index (χ2n) is 4.75. The summed E-state index contributed by atoms with van der Waals surface area (Å²) in [7, 11) is 0. The zero-order chi connectivity index (χ0) is 14.1. The Morgan fingerprint density at radius 1 is 1.25 bits per heavy atom. The molecule has 0 fully saturated rings. The van der Waals surface area contributed by atoms with Crippen LogP contribution in [0.4, 0.5) is 0 Å². The Morgan fingerprint density at radius 2 is 2.10 bits per heavy atom. The first-order valence-corrected chi connectivity index (χ1v) is 9.95. The van der Waals surface area contributed by atoms with Crippen molar-refractivity contribution in [2.75, 3.05) is 6.54 Å². The first-order chi connectivity index (χ1) is 9.69. The maximum absolute atomic E-state index is 3.71. The average molecular weight is 386 g/mol. The molecular formula is C15H16BrNS3. The first-order valence-electron chi connectivity index (χ1n) is 6.65. The highest BCUT2D eigenvalue weighted by atomic mass is 79.9. The zero-order valence-corrected chi connectivity index (χ0v) is 15.4. The zero-order valence-electron chi connectivity index (χ0n) is 11.4. The highest BCUT2D eigenvalue weighted by molar-refractivity contribution is 9.11. The SMILES string of the molecule is CCCNC(c1cc2sccc2s1)c1cc(Br)sc1C. The Hall–Kier alpha value is -0.200. The van der Waals surface area contributed by atoms with Crippen LogP contribution in [0.3, 0.4) is 0 Å². The van der Waals surface area contributed by atoms with E-state index >= 15 is 0 Å². The van der Waals surface area contributed by atoms with Gasteiger partial charge in [-0.05, 0) is 65.0 Å². The van der Waals surface area contributed by atoms with Gasteiger partial charge in [-0.15, -0.1) is 34.0 Å². The van der Waals surface area contributed by atoms with Crippen molar-refractivity contribution in [3.05, 3.63) is 42.7 Å². The number of halogens is 1. The number of rotatable bonds is 5. The highest BCUT2D eigenvalue weighted by Gasteiger charge is 2.20. The predicted molar refractivity (Wildman–Crippen MR) is 96.6 cm³/mol. The monoisotopic (exact) mass is 385 g/mol. The van der Waals surface area contributed by atoms with E-state index in [-0.39, 0.29) is 0 Å². The molecule has 0 aromatic carbocycles. The predicted octanol–water partition coefficient (Wildman–Crippen LogP) is 6.18. The summed E-state index contributed by atoms with van der Waals surface area (Å²) in [5.41, 5.74) is 1.41. The quantitative estimate of drug-likeness (QED) is 0.552. The van der Waals surface area contributed by atoms with Crippen LogP contribution >= 0.6 is 49.9 Å². The third-order valence-corrected chi connectivity index (χ3v) is 7.01. The van der Waals surface area contributed by atoms with Crippen LogP contribution in [0.25, 0.3) is 9.40 Å². The minimum Gasteiger partial charge on any atom is -0.306 e. The van der Waals surface area contributed by atoms with Crippen LogP contribution in [-0.2, 0) is 0 Å².